The van der Waals surface area contributed by atoms with Crippen molar-refractivity contribution in [2.24, 2.45) is 0 Å². The minimum atomic E-state index is 1.13. The van der Waals surface area contributed by atoms with Crippen molar-refractivity contribution < 1.29 is 0 Å². The van der Waals surface area contributed by atoms with E-state index in [-0.39, 0.29) is 0 Å². The van der Waals surface area contributed by atoms with E-state index < -0.39 is 0 Å². The Hall–Kier alpha value is -6.23. The van der Waals surface area contributed by atoms with Crippen LogP contribution >= 0.6 is 11.3 Å². The zero-order valence-corrected chi connectivity index (χ0v) is 27.2. The second-order valence-corrected chi connectivity index (χ2v) is 13.8. The highest BCUT2D eigenvalue weighted by Crippen LogP contribution is 2.46. The minimum Gasteiger partial charge on any atom is -0.309 e. The topological polar surface area (TPSA) is 22.8 Å². The molecule has 4 heterocycles. The predicted octanol–water partition coefficient (Wildman–Crippen LogP) is 12.5. The van der Waals surface area contributed by atoms with Gasteiger partial charge in [0.1, 0.15) is 0 Å². The average molecular weight is 642 g/mol. The van der Waals surface area contributed by atoms with Gasteiger partial charge in [-0.2, -0.15) is 0 Å². The smallest absolute Gasteiger partial charge is 0.0555 e. The van der Waals surface area contributed by atoms with E-state index in [4.69, 9.17) is 0 Å². The maximum absolute atomic E-state index is 4.40. The van der Waals surface area contributed by atoms with E-state index in [9.17, 15) is 0 Å². The Morgan fingerprint density at radius 1 is 0.429 bits per heavy atom. The summed E-state index contributed by atoms with van der Waals surface area (Å²) in [5, 5.41) is 9.95. The fourth-order valence-corrected chi connectivity index (χ4v) is 9.38. The van der Waals surface area contributed by atoms with Crippen LogP contribution in [0, 0.1) is 0 Å². The second kappa shape index (κ2) is 10.1. The highest BCUT2D eigenvalue weighted by molar-refractivity contribution is 7.26. The third kappa shape index (κ3) is 3.75. The molecule has 0 N–H and O–H groups in total. The Morgan fingerprint density at radius 3 is 1.82 bits per heavy atom. The number of rotatable bonds is 3. The number of thiophene rings is 1. The zero-order valence-electron chi connectivity index (χ0n) is 26.3. The van der Waals surface area contributed by atoms with Crippen molar-refractivity contribution in [1.82, 2.24) is 14.1 Å². The number of pyridine rings is 1. The van der Waals surface area contributed by atoms with Crippen LogP contribution in [0.5, 0.6) is 0 Å². The molecule has 3 nitrogen and oxygen atoms in total. The molecule has 4 aromatic heterocycles. The van der Waals surface area contributed by atoms with Gasteiger partial charge in [0.2, 0.25) is 0 Å². The number of hydrogen-bond acceptors (Lipinski definition) is 2. The van der Waals surface area contributed by atoms with E-state index in [1.165, 1.54) is 86.0 Å². The molecular weight excluding hydrogens is 615 g/mol. The van der Waals surface area contributed by atoms with Crippen molar-refractivity contribution in [1.29, 1.82) is 0 Å². The molecule has 11 rings (SSSR count). The lowest BCUT2D eigenvalue weighted by Gasteiger charge is -2.16. The third-order valence-electron chi connectivity index (χ3n) is 10.2. The molecule has 0 aliphatic heterocycles. The molecule has 0 aliphatic rings. The summed E-state index contributed by atoms with van der Waals surface area (Å²) in [5.74, 6) is 0. The summed E-state index contributed by atoms with van der Waals surface area (Å²) in [4.78, 5) is 4.40. The number of para-hydroxylation sites is 3. The van der Waals surface area contributed by atoms with Crippen LogP contribution in [0.4, 0.5) is 0 Å². The fourth-order valence-electron chi connectivity index (χ4n) is 8.11. The summed E-state index contributed by atoms with van der Waals surface area (Å²) < 4.78 is 7.51. The summed E-state index contributed by atoms with van der Waals surface area (Å²) in [7, 11) is 0. The molecule has 11 aromatic rings. The van der Waals surface area contributed by atoms with Crippen LogP contribution in [-0.2, 0) is 0 Å². The normalized spacial score (nSPS) is 12.1. The summed E-state index contributed by atoms with van der Waals surface area (Å²) in [6.07, 6.45) is 3.84. The minimum absolute atomic E-state index is 1.13. The molecule has 0 saturated heterocycles. The van der Waals surface area contributed by atoms with E-state index in [1.54, 1.807) is 0 Å². The van der Waals surface area contributed by atoms with E-state index >= 15 is 0 Å². The lowest BCUT2D eigenvalue weighted by Crippen LogP contribution is -1.98. The van der Waals surface area contributed by atoms with Gasteiger partial charge in [-0.1, -0.05) is 97.1 Å². The molecule has 0 fully saturated rings. The molecule has 0 amide bonds. The van der Waals surface area contributed by atoms with Crippen LogP contribution < -0.4 is 0 Å². The molecule has 7 aromatic carbocycles. The van der Waals surface area contributed by atoms with Crippen molar-refractivity contribution in [3.8, 4) is 22.5 Å². The number of hydrogen-bond donors (Lipinski definition) is 0. The van der Waals surface area contributed by atoms with Crippen molar-refractivity contribution in [3.05, 3.63) is 164 Å². The highest BCUT2D eigenvalue weighted by Gasteiger charge is 2.21. The lowest BCUT2D eigenvalue weighted by atomic mass is 9.98. The molecule has 49 heavy (non-hydrogen) atoms. The van der Waals surface area contributed by atoms with Gasteiger partial charge in [0.05, 0.1) is 33.4 Å². The van der Waals surface area contributed by atoms with Gasteiger partial charge in [-0.15, -0.1) is 11.3 Å². The number of benzene rings is 7. The standard InChI is InChI=1S/C45H27N3S/c1-5-15-38-31(11-1)32-12-2-6-16-39(32)48(38)42-23-21-35-34-14-4-8-19-43(34)49-45(35)44(42)28-20-22-41-36(26-28)33-13-3-7-17-40(33)47(41)37-18-9-10-29-27-46-25-24-30(29)37/h1-27H. The largest absolute Gasteiger partial charge is 0.309 e. The zero-order chi connectivity index (χ0) is 32.1. The van der Waals surface area contributed by atoms with Crippen molar-refractivity contribution in [2.75, 3.05) is 0 Å². The monoisotopic (exact) mass is 641 g/mol. The quantitative estimate of drug-likeness (QED) is 0.188. The molecule has 0 radical (unpaired) electrons. The van der Waals surface area contributed by atoms with Crippen LogP contribution in [0.3, 0.4) is 0 Å². The van der Waals surface area contributed by atoms with E-state index in [1.807, 2.05) is 23.7 Å². The van der Waals surface area contributed by atoms with Crippen LogP contribution in [0.15, 0.2) is 164 Å². The molecule has 0 saturated carbocycles. The van der Waals surface area contributed by atoms with E-state index in [2.05, 4.69) is 166 Å². The number of aromatic nitrogens is 3. The lowest BCUT2D eigenvalue weighted by molar-refractivity contribution is 1.19. The van der Waals surface area contributed by atoms with Crippen molar-refractivity contribution in [3.63, 3.8) is 0 Å². The first-order chi connectivity index (χ1) is 24.3. The SMILES string of the molecule is c1cc(-n2c3ccccc3c3cc(-c4c(-n5c6ccccc6c6ccccc65)ccc5c4sc4ccccc45)ccc32)c2ccncc2c1. The Morgan fingerprint density at radius 2 is 1.06 bits per heavy atom. The molecule has 0 spiro atoms. The van der Waals surface area contributed by atoms with Gasteiger partial charge in [0, 0.05) is 70.4 Å². The van der Waals surface area contributed by atoms with Crippen molar-refractivity contribution in [2.45, 2.75) is 0 Å². The number of fused-ring (bicyclic) bond motifs is 10. The molecule has 0 bridgehead atoms. The van der Waals surface area contributed by atoms with Gasteiger partial charge >= 0.3 is 0 Å². The average Bonchev–Trinajstić information content (AvgIpc) is 3.82. The third-order valence-corrected chi connectivity index (χ3v) is 11.4. The first kappa shape index (κ1) is 26.8. The predicted molar refractivity (Wildman–Crippen MR) is 209 cm³/mol. The van der Waals surface area contributed by atoms with Gasteiger partial charge < -0.3 is 9.13 Å². The molecule has 0 unspecified atom stereocenters. The summed E-state index contributed by atoms with van der Waals surface area (Å²) in [6, 6.07) is 55.6. The van der Waals surface area contributed by atoms with Gasteiger partial charge in [-0.3, -0.25) is 4.98 Å². The second-order valence-electron chi connectivity index (χ2n) is 12.8. The van der Waals surface area contributed by atoms with E-state index in [0.29, 0.717) is 0 Å². The maximum atomic E-state index is 4.40. The molecule has 4 heteroatoms. The molecular formula is C45H27N3S. The van der Waals surface area contributed by atoms with Crippen LogP contribution in [-0.4, -0.2) is 14.1 Å². The Kier molecular flexibility index (Phi) is 5.54. The van der Waals surface area contributed by atoms with Crippen molar-refractivity contribution >= 4 is 85.9 Å². The van der Waals surface area contributed by atoms with Gasteiger partial charge in [-0.05, 0) is 60.2 Å². The van der Waals surface area contributed by atoms with Crippen LogP contribution in [0.2, 0.25) is 0 Å². The fraction of sp³-hybridized carbons (Fsp3) is 0. The summed E-state index contributed by atoms with van der Waals surface area (Å²) >= 11 is 1.89. The number of nitrogens with zero attached hydrogens (tertiary/aromatic N) is 3. The summed E-state index contributed by atoms with van der Waals surface area (Å²) in [5.41, 5.74) is 9.66. The Balaban J connectivity index is 1.27. The molecule has 0 atom stereocenters. The molecule has 228 valence electrons. The Bertz CT molecular complexity index is 3060. The van der Waals surface area contributed by atoms with Crippen LogP contribution in [0.1, 0.15) is 0 Å². The van der Waals surface area contributed by atoms with Gasteiger partial charge in [-0.25, -0.2) is 0 Å². The first-order valence-corrected chi connectivity index (χ1v) is 17.4. The van der Waals surface area contributed by atoms with Gasteiger partial charge in [0.25, 0.3) is 0 Å². The Labute approximate surface area is 285 Å². The first-order valence-electron chi connectivity index (χ1n) is 16.6. The van der Waals surface area contributed by atoms with Gasteiger partial charge in [0.15, 0.2) is 0 Å². The van der Waals surface area contributed by atoms with Crippen LogP contribution in [0.25, 0.3) is 97.1 Å². The highest BCUT2D eigenvalue weighted by atomic mass is 32.1. The summed E-state index contributed by atoms with van der Waals surface area (Å²) in [6.45, 7) is 0. The van der Waals surface area contributed by atoms with E-state index in [0.717, 1.165) is 11.1 Å². The maximum Gasteiger partial charge on any atom is 0.0555 e. The molecule has 0 aliphatic carbocycles.